The van der Waals surface area contributed by atoms with Crippen molar-refractivity contribution in [1.29, 1.82) is 0 Å². The molecule has 0 atom stereocenters. The van der Waals surface area contributed by atoms with E-state index in [-0.39, 0.29) is 16.7 Å². The van der Waals surface area contributed by atoms with Gasteiger partial charge >= 0.3 is 0 Å². The summed E-state index contributed by atoms with van der Waals surface area (Å²) in [4.78, 5) is 21.7. The Kier molecular flexibility index (Phi) is 3.89. The quantitative estimate of drug-likeness (QED) is 0.747. The van der Waals surface area contributed by atoms with Gasteiger partial charge in [-0.25, -0.2) is 9.97 Å². The predicted octanol–water partition coefficient (Wildman–Crippen LogP) is 4.11. The van der Waals surface area contributed by atoms with Gasteiger partial charge in [-0.1, -0.05) is 23.2 Å². The second kappa shape index (κ2) is 5.97. The highest BCUT2D eigenvalue weighted by Gasteiger charge is 2.28. The first-order valence-corrected chi connectivity index (χ1v) is 8.66. The van der Waals surface area contributed by atoms with Gasteiger partial charge in [-0.15, -0.1) is 0 Å². The number of rotatable bonds is 3. The lowest BCUT2D eigenvalue weighted by Crippen LogP contribution is -2.15. The zero-order valence-corrected chi connectivity index (χ0v) is 15.2. The molecule has 1 saturated carbocycles. The molecule has 0 spiro atoms. The average Bonchev–Trinajstić information content (AvgIpc) is 3.37. The first-order chi connectivity index (χ1) is 11.9. The van der Waals surface area contributed by atoms with Gasteiger partial charge in [0.05, 0.1) is 26.7 Å². The molecule has 0 bridgehead atoms. The lowest BCUT2D eigenvalue weighted by molar-refractivity contribution is 0.102. The van der Waals surface area contributed by atoms with Crippen molar-refractivity contribution in [2.45, 2.75) is 25.7 Å². The van der Waals surface area contributed by atoms with Crippen molar-refractivity contribution in [3.63, 3.8) is 0 Å². The molecular formula is C17H15Cl2N5O. The predicted molar refractivity (Wildman–Crippen MR) is 97.4 cm³/mol. The summed E-state index contributed by atoms with van der Waals surface area (Å²) >= 11 is 12.0. The number of anilines is 1. The summed E-state index contributed by atoms with van der Waals surface area (Å²) in [5.41, 5.74) is 2.93. The van der Waals surface area contributed by atoms with E-state index in [9.17, 15) is 4.79 Å². The van der Waals surface area contributed by atoms with Crippen molar-refractivity contribution in [1.82, 2.24) is 19.7 Å². The second-order valence-electron chi connectivity index (χ2n) is 6.21. The summed E-state index contributed by atoms with van der Waals surface area (Å²) in [6, 6.07) is 3.40. The van der Waals surface area contributed by atoms with Crippen molar-refractivity contribution in [2.75, 3.05) is 5.32 Å². The van der Waals surface area contributed by atoms with E-state index in [2.05, 4.69) is 15.4 Å². The van der Waals surface area contributed by atoms with Gasteiger partial charge in [-0.3, -0.25) is 9.48 Å². The minimum atomic E-state index is -0.290. The first kappa shape index (κ1) is 16.3. The molecular weight excluding hydrogens is 361 g/mol. The highest BCUT2D eigenvalue weighted by atomic mass is 35.5. The van der Waals surface area contributed by atoms with E-state index in [0.717, 1.165) is 29.6 Å². The van der Waals surface area contributed by atoms with Crippen LogP contribution in [0.25, 0.3) is 11.0 Å². The van der Waals surface area contributed by atoms with Gasteiger partial charge in [0.15, 0.2) is 11.5 Å². The summed E-state index contributed by atoms with van der Waals surface area (Å²) in [5.74, 6) is 0.404. The Morgan fingerprint density at radius 2 is 2.08 bits per heavy atom. The molecule has 4 rings (SSSR count). The lowest BCUT2D eigenvalue weighted by Gasteiger charge is -2.09. The highest BCUT2D eigenvalue weighted by Crippen LogP contribution is 2.40. The molecule has 1 N–H and O–H groups in total. The van der Waals surface area contributed by atoms with Crippen LogP contribution in [0.1, 0.15) is 40.5 Å². The van der Waals surface area contributed by atoms with Crippen LogP contribution in [-0.2, 0) is 7.05 Å². The number of nitrogens with one attached hydrogen (secondary N) is 1. The fraction of sp³-hybridized carbons (Fsp3) is 0.294. The van der Waals surface area contributed by atoms with E-state index in [0.29, 0.717) is 22.2 Å². The molecule has 6 nitrogen and oxygen atoms in total. The van der Waals surface area contributed by atoms with E-state index in [1.54, 1.807) is 10.7 Å². The molecule has 128 valence electrons. The maximum atomic E-state index is 12.9. The van der Waals surface area contributed by atoms with Crippen molar-refractivity contribution < 1.29 is 4.79 Å². The van der Waals surface area contributed by atoms with Gasteiger partial charge in [0.25, 0.3) is 5.91 Å². The molecule has 0 aliphatic heterocycles. The van der Waals surface area contributed by atoms with Gasteiger partial charge in [0.2, 0.25) is 0 Å². The third-order valence-corrected chi connectivity index (χ3v) is 4.76. The molecule has 1 fully saturated rings. The molecule has 0 radical (unpaired) electrons. The Morgan fingerprint density at radius 1 is 1.32 bits per heavy atom. The second-order valence-corrected chi connectivity index (χ2v) is 7.06. The first-order valence-electron chi connectivity index (χ1n) is 7.90. The molecule has 0 aromatic carbocycles. The summed E-state index contributed by atoms with van der Waals surface area (Å²) in [5, 5.41) is 8.61. The zero-order chi connectivity index (χ0) is 17.7. The van der Waals surface area contributed by atoms with Gasteiger partial charge in [0, 0.05) is 24.9 Å². The fourth-order valence-corrected chi connectivity index (χ4v) is 3.34. The fourth-order valence-electron chi connectivity index (χ4n) is 2.91. The Morgan fingerprint density at radius 3 is 2.76 bits per heavy atom. The van der Waals surface area contributed by atoms with Gasteiger partial charge < -0.3 is 5.32 Å². The molecule has 1 amide bonds. The standard InChI is InChI=1S/C17H15Cl2N5O/c1-8-14-11(17(25)22-15-12(19)5-10(18)7-20-15)6-13(9-3-4-9)21-16(14)24(2)23-8/h5-7,9H,3-4H2,1-2H3,(H,20,22,25). The average molecular weight is 376 g/mol. The van der Waals surface area contributed by atoms with Gasteiger partial charge in [0.1, 0.15) is 0 Å². The largest absolute Gasteiger partial charge is 0.305 e. The maximum absolute atomic E-state index is 12.9. The number of pyridine rings is 2. The number of halogens is 2. The Balaban J connectivity index is 1.80. The molecule has 25 heavy (non-hydrogen) atoms. The maximum Gasteiger partial charge on any atom is 0.257 e. The number of hydrogen-bond donors (Lipinski definition) is 1. The molecule has 0 unspecified atom stereocenters. The molecule has 3 heterocycles. The van der Waals surface area contributed by atoms with Crippen LogP contribution in [0.2, 0.25) is 10.0 Å². The lowest BCUT2D eigenvalue weighted by atomic mass is 10.1. The molecule has 1 aliphatic carbocycles. The van der Waals surface area contributed by atoms with Crippen molar-refractivity contribution in [3.05, 3.63) is 45.3 Å². The van der Waals surface area contributed by atoms with Crippen LogP contribution < -0.4 is 5.32 Å². The Labute approximate surface area is 154 Å². The number of aryl methyl sites for hydroxylation is 2. The number of hydrogen-bond acceptors (Lipinski definition) is 4. The SMILES string of the molecule is Cc1nn(C)c2nc(C3CC3)cc(C(=O)Nc3ncc(Cl)cc3Cl)c12. The van der Waals surface area contributed by atoms with Crippen LogP contribution >= 0.6 is 23.2 Å². The van der Waals surface area contributed by atoms with Crippen LogP contribution in [-0.4, -0.2) is 25.7 Å². The van der Waals surface area contributed by atoms with Crippen LogP contribution in [0.5, 0.6) is 0 Å². The molecule has 0 saturated heterocycles. The van der Waals surface area contributed by atoms with Crippen LogP contribution in [0, 0.1) is 6.92 Å². The van der Waals surface area contributed by atoms with Crippen LogP contribution in [0.15, 0.2) is 18.3 Å². The van der Waals surface area contributed by atoms with Gasteiger partial charge in [-0.2, -0.15) is 5.10 Å². The Hall–Kier alpha value is -2.18. The summed E-state index contributed by atoms with van der Waals surface area (Å²) in [6.45, 7) is 1.87. The van der Waals surface area contributed by atoms with Crippen molar-refractivity contribution in [2.24, 2.45) is 7.05 Å². The summed E-state index contributed by atoms with van der Waals surface area (Å²) < 4.78 is 1.71. The normalized spacial score (nSPS) is 14.1. The molecule has 8 heteroatoms. The van der Waals surface area contributed by atoms with E-state index in [4.69, 9.17) is 28.2 Å². The minimum Gasteiger partial charge on any atom is -0.305 e. The van der Waals surface area contributed by atoms with E-state index in [1.165, 1.54) is 6.20 Å². The topological polar surface area (TPSA) is 72.7 Å². The van der Waals surface area contributed by atoms with Crippen molar-refractivity contribution >= 4 is 46.0 Å². The number of carbonyl (C=O) groups excluding carboxylic acids is 1. The number of carbonyl (C=O) groups is 1. The zero-order valence-electron chi connectivity index (χ0n) is 13.7. The smallest absolute Gasteiger partial charge is 0.257 e. The number of aromatic nitrogens is 4. The molecule has 3 aromatic rings. The third-order valence-electron chi connectivity index (χ3n) is 4.27. The van der Waals surface area contributed by atoms with E-state index in [1.807, 2.05) is 20.0 Å². The van der Waals surface area contributed by atoms with E-state index >= 15 is 0 Å². The van der Waals surface area contributed by atoms with Crippen molar-refractivity contribution in [3.8, 4) is 0 Å². The van der Waals surface area contributed by atoms with Crippen LogP contribution in [0.4, 0.5) is 5.82 Å². The number of fused-ring (bicyclic) bond motifs is 1. The molecule has 1 aliphatic rings. The summed E-state index contributed by atoms with van der Waals surface area (Å²) in [6.07, 6.45) is 3.64. The summed E-state index contributed by atoms with van der Waals surface area (Å²) in [7, 11) is 1.83. The van der Waals surface area contributed by atoms with Crippen LogP contribution in [0.3, 0.4) is 0 Å². The van der Waals surface area contributed by atoms with E-state index < -0.39 is 0 Å². The highest BCUT2D eigenvalue weighted by molar-refractivity contribution is 6.36. The number of amides is 1. The van der Waals surface area contributed by atoms with Gasteiger partial charge in [-0.05, 0) is 31.9 Å². The Bertz CT molecular complexity index is 1010. The third kappa shape index (κ3) is 2.96. The molecule has 3 aromatic heterocycles. The minimum absolute atomic E-state index is 0.274. The number of nitrogens with zero attached hydrogens (tertiary/aromatic N) is 4. The monoisotopic (exact) mass is 375 g/mol.